The average Bonchev–Trinajstić information content (AvgIpc) is 2.90. The molecular formula is C13H19N5O2. The van der Waals surface area contributed by atoms with Crippen molar-refractivity contribution in [3.8, 4) is 0 Å². The molecule has 0 radical (unpaired) electrons. The van der Waals surface area contributed by atoms with Crippen LogP contribution in [0.4, 0.5) is 10.5 Å². The number of carbonyl (C=O) groups is 1. The number of carbonyl (C=O) groups excluding carboxylic acids is 1. The molecule has 2 amide bonds. The van der Waals surface area contributed by atoms with Crippen LogP contribution in [0.1, 0.15) is 13.3 Å². The molecule has 1 aromatic heterocycles. The Labute approximate surface area is 117 Å². The van der Waals surface area contributed by atoms with Crippen molar-refractivity contribution in [2.24, 2.45) is 0 Å². The molecule has 0 aliphatic rings. The van der Waals surface area contributed by atoms with Crippen molar-refractivity contribution in [1.29, 1.82) is 0 Å². The summed E-state index contributed by atoms with van der Waals surface area (Å²) < 4.78 is 5.02. The number of nitrogens with zero attached hydrogens (tertiary/aromatic N) is 3. The molecule has 0 spiro atoms. The Bertz CT molecular complexity index is 569. The predicted molar refractivity (Wildman–Crippen MR) is 76.6 cm³/mol. The van der Waals surface area contributed by atoms with Gasteiger partial charge in [-0.15, -0.1) is 0 Å². The normalized spacial score (nSPS) is 10.7. The Morgan fingerprint density at radius 1 is 1.35 bits per heavy atom. The molecule has 7 nitrogen and oxygen atoms in total. The number of ether oxygens (including phenoxy) is 1. The molecule has 108 valence electrons. The largest absolute Gasteiger partial charge is 0.383 e. The van der Waals surface area contributed by atoms with Gasteiger partial charge in [-0.25, -0.2) is 4.79 Å². The monoisotopic (exact) mass is 277 g/mol. The van der Waals surface area contributed by atoms with Crippen LogP contribution < -0.4 is 5.32 Å². The van der Waals surface area contributed by atoms with E-state index in [9.17, 15) is 4.79 Å². The van der Waals surface area contributed by atoms with Crippen LogP contribution in [0.3, 0.4) is 0 Å². The van der Waals surface area contributed by atoms with Gasteiger partial charge in [0.15, 0.2) is 0 Å². The fourth-order valence-corrected chi connectivity index (χ4v) is 1.91. The number of amides is 2. The molecule has 0 bridgehead atoms. The summed E-state index contributed by atoms with van der Waals surface area (Å²) in [6.07, 6.45) is 0.902. The van der Waals surface area contributed by atoms with E-state index >= 15 is 0 Å². The van der Waals surface area contributed by atoms with Crippen molar-refractivity contribution in [3.63, 3.8) is 0 Å². The number of H-pyrrole nitrogens is 1. The van der Waals surface area contributed by atoms with Crippen LogP contribution in [-0.2, 0) is 4.74 Å². The molecule has 0 aliphatic heterocycles. The zero-order valence-corrected chi connectivity index (χ0v) is 11.7. The third-order valence-electron chi connectivity index (χ3n) is 2.91. The molecule has 1 heterocycles. The van der Waals surface area contributed by atoms with Crippen LogP contribution in [0.25, 0.3) is 11.0 Å². The number of fused-ring (bicyclic) bond motifs is 1. The molecule has 2 rings (SSSR count). The van der Waals surface area contributed by atoms with Crippen molar-refractivity contribution in [1.82, 2.24) is 20.3 Å². The van der Waals surface area contributed by atoms with Crippen molar-refractivity contribution >= 4 is 22.8 Å². The minimum Gasteiger partial charge on any atom is -0.383 e. The van der Waals surface area contributed by atoms with Crippen molar-refractivity contribution in [2.45, 2.75) is 13.3 Å². The van der Waals surface area contributed by atoms with Gasteiger partial charge in [0, 0.05) is 25.9 Å². The maximum atomic E-state index is 12.2. The molecule has 0 atom stereocenters. The lowest BCUT2D eigenvalue weighted by atomic mass is 10.3. The quantitative estimate of drug-likeness (QED) is 0.844. The lowest BCUT2D eigenvalue weighted by molar-refractivity contribution is 0.155. The molecule has 0 saturated carbocycles. The van der Waals surface area contributed by atoms with Gasteiger partial charge in [0.1, 0.15) is 11.0 Å². The molecular weight excluding hydrogens is 258 g/mol. The fraction of sp³-hybridized carbons (Fsp3) is 0.462. The molecule has 0 aliphatic carbocycles. The lowest BCUT2D eigenvalue weighted by Gasteiger charge is -2.22. The first-order chi connectivity index (χ1) is 9.74. The molecule has 0 saturated heterocycles. The number of hydrogen-bond acceptors (Lipinski definition) is 4. The highest BCUT2D eigenvalue weighted by Gasteiger charge is 2.12. The highest BCUT2D eigenvalue weighted by atomic mass is 16.5. The number of hydrogen-bond donors (Lipinski definition) is 2. The fourth-order valence-electron chi connectivity index (χ4n) is 1.91. The zero-order valence-electron chi connectivity index (χ0n) is 11.7. The molecule has 0 unspecified atom stereocenters. The van der Waals surface area contributed by atoms with Gasteiger partial charge < -0.3 is 15.0 Å². The summed E-state index contributed by atoms with van der Waals surface area (Å²) in [5.41, 5.74) is 2.20. The van der Waals surface area contributed by atoms with Gasteiger partial charge in [0.2, 0.25) is 0 Å². The number of urea groups is 1. The summed E-state index contributed by atoms with van der Waals surface area (Å²) in [5, 5.41) is 13.4. The van der Waals surface area contributed by atoms with Crippen LogP contribution in [0.5, 0.6) is 0 Å². The third kappa shape index (κ3) is 3.45. The Balaban J connectivity index is 2.03. The number of rotatable bonds is 6. The van der Waals surface area contributed by atoms with E-state index in [0.717, 1.165) is 17.5 Å². The van der Waals surface area contributed by atoms with E-state index in [0.29, 0.717) is 25.4 Å². The van der Waals surface area contributed by atoms with Crippen LogP contribution in [0.2, 0.25) is 0 Å². The van der Waals surface area contributed by atoms with Crippen LogP contribution in [0, 0.1) is 0 Å². The summed E-state index contributed by atoms with van der Waals surface area (Å²) in [5.74, 6) is 0. The van der Waals surface area contributed by atoms with E-state index in [1.165, 1.54) is 0 Å². The van der Waals surface area contributed by atoms with E-state index in [2.05, 4.69) is 20.7 Å². The molecule has 20 heavy (non-hydrogen) atoms. The molecule has 1 aromatic carbocycles. The number of aromatic nitrogens is 3. The minimum absolute atomic E-state index is 0.133. The average molecular weight is 277 g/mol. The first kappa shape index (κ1) is 14.3. The van der Waals surface area contributed by atoms with E-state index < -0.39 is 0 Å². The van der Waals surface area contributed by atoms with Gasteiger partial charge >= 0.3 is 6.03 Å². The maximum Gasteiger partial charge on any atom is 0.321 e. The van der Waals surface area contributed by atoms with E-state index in [1.54, 1.807) is 18.1 Å². The number of methoxy groups -OCH3 is 1. The van der Waals surface area contributed by atoms with Gasteiger partial charge in [-0.3, -0.25) is 0 Å². The molecule has 2 N–H and O–H groups in total. The number of nitrogens with one attached hydrogen (secondary N) is 2. The second kappa shape index (κ2) is 6.85. The van der Waals surface area contributed by atoms with Gasteiger partial charge in [0.05, 0.1) is 6.61 Å². The number of anilines is 1. The summed E-state index contributed by atoms with van der Waals surface area (Å²) in [7, 11) is 1.63. The van der Waals surface area contributed by atoms with Crippen molar-refractivity contribution in [2.75, 3.05) is 32.1 Å². The first-order valence-electron chi connectivity index (χ1n) is 6.60. The Kier molecular flexibility index (Phi) is 4.89. The molecule has 2 aromatic rings. The third-order valence-corrected chi connectivity index (χ3v) is 2.91. The Morgan fingerprint density at radius 3 is 2.90 bits per heavy atom. The standard InChI is InChI=1S/C13H19N5O2/c1-3-6-18(7-8-20-2)13(19)14-10-4-5-11-12(9-10)16-17-15-11/h4-5,9H,3,6-8H2,1-2H3,(H,14,19)(H,15,16,17). The number of benzene rings is 1. The smallest absolute Gasteiger partial charge is 0.321 e. The van der Waals surface area contributed by atoms with Gasteiger partial charge in [-0.05, 0) is 24.6 Å². The first-order valence-corrected chi connectivity index (χ1v) is 6.60. The summed E-state index contributed by atoms with van der Waals surface area (Å²) in [6.45, 7) is 3.83. The second-order valence-electron chi connectivity index (χ2n) is 4.44. The van der Waals surface area contributed by atoms with Gasteiger partial charge in [0.25, 0.3) is 0 Å². The highest BCUT2D eigenvalue weighted by molar-refractivity contribution is 5.91. The van der Waals surface area contributed by atoms with Crippen LogP contribution >= 0.6 is 0 Å². The van der Waals surface area contributed by atoms with Crippen molar-refractivity contribution < 1.29 is 9.53 Å². The SMILES string of the molecule is CCCN(CCOC)C(=O)Nc1ccc2n[nH]nc2c1. The highest BCUT2D eigenvalue weighted by Crippen LogP contribution is 2.15. The van der Waals surface area contributed by atoms with Crippen molar-refractivity contribution in [3.05, 3.63) is 18.2 Å². The van der Waals surface area contributed by atoms with E-state index in [1.807, 2.05) is 19.1 Å². The zero-order chi connectivity index (χ0) is 14.4. The predicted octanol–water partition coefficient (Wildman–Crippen LogP) is 1.85. The number of aromatic amines is 1. The topological polar surface area (TPSA) is 83.1 Å². The van der Waals surface area contributed by atoms with E-state index in [-0.39, 0.29) is 6.03 Å². The summed E-state index contributed by atoms with van der Waals surface area (Å²) in [6, 6.07) is 5.28. The van der Waals surface area contributed by atoms with Crippen LogP contribution in [-0.4, -0.2) is 53.1 Å². The lowest BCUT2D eigenvalue weighted by Crippen LogP contribution is -2.37. The maximum absolute atomic E-state index is 12.2. The summed E-state index contributed by atoms with van der Waals surface area (Å²) in [4.78, 5) is 13.9. The Hall–Kier alpha value is -2.15. The Morgan fingerprint density at radius 2 is 2.15 bits per heavy atom. The van der Waals surface area contributed by atoms with Gasteiger partial charge in [-0.1, -0.05) is 6.92 Å². The summed E-state index contributed by atoms with van der Waals surface area (Å²) >= 11 is 0. The minimum atomic E-state index is -0.133. The van der Waals surface area contributed by atoms with Crippen LogP contribution in [0.15, 0.2) is 18.2 Å². The second-order valence-corrected chi connectivity index (χ2v) is 4.44. The molecule has 7 heteroatoms. The van der Waals surface area contributed by atoms with E-state index in [4.69, 9.17) is 4.74 Å². The molecule has 0 fully saturated rings. The van der Waals surface area contributed by atoms with Gasteiger partial charge in [-0.2, -0.15) is 15.4 Å².